The van der Waals surface area contributed by atoms with Crippen LogP contribution in [0, 0.1) is 18.3 Å². The van der Waals surface area contributed by atoms with Crippen LogP contribution in [0.1, 0.15) is 29.3 Å². The van der Waals surface area contributed by atoms with Crippen molar-refractivity contribution in [3.05, 3.63) is 52.2 Å². The Morgan fingerprint density at radius 2 is 2.20 bits per heavy atom. The van der Waals surface area contributed by atoms with Crippen molar-refractivity contribution in [3.8, 4) is 12.3 Å². The van der Waals surface area contributed by atoms with E-state index in [1.807, 2.05) is 29.5 Å². The summed E-state index contributed by atoms with van der Waals surface area (Å²) in [6.45, 7) is 2.05. The molecule has 1 saturated heterocycles. The predicted octanol–water partition coefficient (Wildman–Crippen LogP) is 2.92. The van der Waals surface area contributed by atoms with E-state index in [-0.39, 0.29) is 12.5 Å². The number of amides is 1. The maximum Gasteiger partial charge on any atom is 0.243 e. The van der Waals surface area contributed by atoms with E-state index in [9.17, 15) is 4.79 Å². The van der Waals surface area contributed by atoms with Gasteiger partial charge in [0.15, 0.2) is 5.96 Å². The third-order valence-corrected chi connectivity index (χ3v) is 6.27. The van der Waals surface area contributed by atoms with E-state index in [4.69, 9.17) is 6.42 Å². The zero-order chi connectivity index (χ0) is 21.3. The van der Waals surface area contributed by atoms with E-state index in [1.54, 1.807) is 13.1 Å². The summed E-state index contributed by atoms with van der Waals surface area (Å²) < 4.78 is 0. The molecule has 3 N–H and O–H groups in total. The van der Waals surface area contributed by atoms with Gasteiger partial charge in [0.2, 0.25) is 5.91 Å². The third-order valence-electron chi connectivity index (χ3n) is 5.33. The van der Waals surface area contributed by atoms with Crippen LogP contribution in [0.2, 0.25) is 0 Å². The molecule has 7 heteroatoms. The van der Waals surface area contributed by atoms with E-state index < -0.39 is 0 Å². The van der Waals surface area contributed by atoms with Crippen LogP contribution in [0.4, 0.5) is 5.69 Å². The number of aliphatic imine (C=N–C) groups is 1. The van der Waals surface area contributed by atoms with Crippen molar-refractivity contribution in [3.63, 3.8) is 0 Å². The normalized spacial score (nSPS) is 19.7. The summed E-state index contributed by atoms with van der Waals surface area (Å²) in [4.78, 5) is 20.4. The molecule has 1 aromatic heterocycles. The predicted molar refractivity (Wildman–Crippen MR) is 125 cm³/mol. The minimum Gasteiger partial charge on any atom is -0.356 e. The SMILES string of the molecule is C#Cc1cccc(NC(=O)CNC(=NC)NCC2CCCN(C)C2c2cccs2)c1. The molecule has 0 spiro atoms. The fourth-order valence-electron chi connectivity index (χ4n) is 3.89. The maximum absolute atomic E-state index is 12.3. The number of nitrogens with zero attached hydrogens (tertiary/aromatic N) is 2. The topological polar surface area (TPSA) is 68.8 Å². The Hall–Kier alpha value is -2.82. The molecule has 0 aliphatic carbocycles. The highest BCUT2D eigenvalue weighted by atomic mass is 32.1. The number of anilines is 1. The number of hydrogen-bond acceptors (Lipinski definition) is 4. The van der Waals surface area contributed by atoms with Gasteiger partial charge < -0.3 is 16.0 Å². The first-order valence-corrected chi connectivity index (χ1v) is 11.0. The van der Waals surface area contributed by atoms with Crippen LogP contribution in [0.5, 0.6) is 0 Å². The number of hydrogen-bond donors (Lipinski definition) is 3. The molecule has 3 rings (SSSR count). The minimum atomic E-state index is -0.152. The molecule has 2 atom stereocenters. The number of nitrogens with one attached hydrogen (secondary N) is 3. The second kappa shape index (κ2) is 10.8. The van der Waals surface area contributed by atoms with Gasteiger partial charge in [0, 0.05) is 35.8 Å². The van der Waals surface area contributed by atoms with Gasteiger partial charge in [-0.05, 0) is 62.0 Å². The number of benzene rings is 1. The number of guanidine groups is 1. The van der Waals surface area contributed by atoms with Crippen LogP contribution in [0.3, 0.4) is 0 Å². The first-order chi connectivity index (χ1) is 14.6. The first kappa shape index (κ1) is 21.9. The molecule has 0 bridgehead atoms. The van der Waals surface area contributed by atoms with E-state index in [2.05, 4.69) is 56.3 Å². The van der Waals surface area contributed by atoms with Gasteiger partial charge in [-0.25, -0.2) is 0 Å². The molecule has 0 saturated carbocycles. The van der Waals surface area contributed by atoms with Crippen LogP contribution in [-0.2, 0) is 4.79 Å². The van der Waals surface area contributed by atoms with Crippen molar-refractivity contribution < 1.29 is 4.79 Å². The molecule has 2 aromatic rings. The molecule has 1 amide bonds. The fourth-order valence-corrected chi connectivity index (χ4v) is 4.87. The summed E-state index contributed by atoms with van der Waals surface area (Å²) in [5.74, 6) is 3.53. The van der Waals surface area contributed by atoms with E-state index in [0.717, 1.165) is 18.7 Å². The van der Waals surface area contributed by atoms with Crippen LogP contribution in [0.25, 0.3) is 0 Å². The summed E-state index contributed by atoms with van der Waals surface area (Å²) in [6, 6.07) is 12.0. The zero-order valence-corrected chi connectivity index (χ0v) is 18.3. The quantitative estimate of drug-likeness (QED) is 0.380. The van der Waals surface area contributed by atoms with Crippen molar-refractivity contribution >= 4 is 28.9 Å². The van der Waals surface area contributed by atoms with E-state index in [0.29, 0.717) is 23.6 Å². The Labute approximate surface area is 182 Å². The standard InChI is InChI=1S/C23H29N5OS/c1-4-17-8-5-10-19(14-17)27-21(29)16-26-23(24-2)25-15-18-9-6-12-28(3)22(18)20-11-7-13-30-20/h1,5,7-8,10-11,13-14,18,22H,6,9,12,15-16H2,2-3H3,(H,27,29)(H2,24,25,26). The highest BCUT2D eigenvalue weighted by molar-refractivity contribution is 7.10. The van der Waals surface area contributed by atoms with Gasteiger partial charge in [0.05, 0.1) is 6.54 Å². The lowest BCUT2D eigenvalue weighted by molar-refractivity contribution is -0.115. The van der Waals surface area contributed by atoms with Crippen molar-refractivity contribution in [1.29, 1.82) is 0 Å². The Kier molecular flexibility index (Phi) is 7.89. The summed E-state index contributed by atoms with van der Waals surface area (Å²) in [5.41, 5.74) is 1.42. The maximum atomic E-state index is 12.3. The molecule has 2 heterocycles. The first-order valence-electron chi connectivity index (χ1n) is 10.2. The van der Waals surface area contributed by atoms with Gasteiger partial charge in [0.1, 0.15) is 0 Å². The number of thiophene rings is 1. The molecule has 2 unspecified atom stereocenters. The second-order valence-corrected chi connectivity index (χ2v) is 8.40. The smallest absolute Gasteiger partial charge is 0.243 e. The summed E-state index contributed by atoms with van der Waals surface area (Å²) in [7, 11) is 3.91. The highest BCUT2D eigenvalue weighted by Crippen LogP contribution is 2.36. The van der Waals surface area contributed by atoms with Gasteiger partial charge in [-0.3, -0.25) is 14.7 Å². The van der Waals surface area contributed by atoms with Gasteiger partial charge >= 0.3 is 0 Å². The van der Waals surface area contributed by atoms with Crippen molar-refractivity contribution in [2.45, 2.75) is 18.9 Å². The third kappa shape index (κ3) is 5.85. The molecule has 1 aliphatic heterocycles. The molecular formula is C23H29N5OS. The molecular weight excluding hydrogens is 394 g/mol. The van der Waals surface area contributed by atoms with E-state index in [1.165, 1.54) is 17.7 Å². The fraction of sp³-hybridized carbons (Fsp3) is 0.391. The minimum absolute atomic E-state index is 0.124. The Bertz CT molecular complexity index is 903. The molecule has 6 nitrogen and oxygen atoms in total. The Morgan fingerprint density at radius 3 is 2.93 bits per heavy atom. The van der Waals surface area contributed by atoms with Crippen LogP contribution >= 0.6 is 11.3 Å². The lowest BCUT2D eigenvalue weighted by atomic mass is 9.88. The average molecular weight is 424 g/mol. The Morgan fingerprint density at radius 1 is 1.33 bits per heavy atom. The number of rotatable bonds is 6. The zero-order valence-electron chi connectivity index (χ0n) is 17.5. The van der Waals surface area contributed by atoms with Gasteiger partial charge in [0.25, 0.3) is 0 Å². The molecule has 1 aromatic carbocycles. The Balaban J connectivity index is 1.50. The number of terminal acetylenes is 1. The summed E-state index contributed by atoms with van der Waals surface area (Å²) in [6.07, 6.45) is 7.77. The molecule has 0 radical (unpaired) electrons. The summed E-state index contributed by atoms with van der Waals surface area (Å²) in [5, 5.41) is 11.5. The lowest BCUT2D eigenvalue weighted by Crippen LogP contribution is -2.46. The molecule has 158 valence electrons. The monoisotopic (exact) mass is 423 g/mol. The van der Waals surface area contributed by atoms with E-state index >= 15 is 0 Å². The number of likely N-dealkylation sites (tertiary alicyclic amines) is 1. The van der Waals surface area contributed by atoms with Crippen LogP contribution in [0.15, 0.2) is 46.8 Å². The van der Waals surface area contributed by atoms with Gasteiger partial charge in [-0.1, -0.05) is 18.1 Å². The van der Waals surface area contributed by atoms with Crippen LogP contribution < -0.4 is 16.0 Å². The number of carbonyl (C=O) groups is 1. The number of piperidine rings is 1. The second-order valence-electron chi connectivity index (χ2n) is 7.42. The molecule has 30 heavy (non-hydrogen) atoms. The van der Waals surface area contributed by atoms with Gasteiger partial charge in [-0.2, -0.15) is 0 Å². The van der Waals surface area contributed by atoms with Gasteiger partial charge in [-0.15, -0.1) is 17.8 Å². The van der Waals surface area contributed by atoms with Crippen molar-refractivity contribution in [2.24, 2.45) is 10.9 Å². The average Bonchev–Trinajstić information content (AvgIpc) is 3.28. The van der Waals surface area contributed by atoms with Crippen molar-refractivity contribution in [2.75, 3.05) is 39.0 Å². The number of carbonyl (C=O) groups excluding carboxylic acids is 1. The lowest BCUT2D eigenvalue weighted by Gasteiger charge is -2.39. The van der Waals surface area contributed by atoms with Crippen molar-refractivity contribution in [1.82, 2.24) is 15.5 Å². The van der Waals surface area contributed by atoms with Crippen LogP contribution in [-0.4, -0.2) is 50.5 Å². The molecule has 1 aliphatic rings. The largest absolute Gasteiger partial charge is 0.356 e. The summed E-state index contributed by atoms with van der Waals surface area (Å²) >= 11 is 1.81. The molecule has 1 fully saturated rings. The highest BCUT2D eigenvalue weighted by Gasteiger charge is 2.31.